The van der Waals surface area contributed by atoms with Gasteiger partial charge in [0.1, 0.15) is 5.75 Å². The highest BCUT2D eigenvalue weighted by Crippen LogP contribution is 2.26. The fraction of sp³-hybridized carbons (Fsp3) is 0.727. The predicted molar refractivity (Wildman–Crippen MR) is 107 cm³/mol. The Bertz CT molecular complexity index is 418. The molecular weight excluding hydrogens is 294 g/mol. The third-order valence-corrected chi connectivity index (χ3v) is 5.09. The van der Waals surface area contributed by atoms with E-state index in [4.69, 9.17) is 0 Å². The molecule has 0 aromatic heterocycles. The van der Waals surface area contributed by atoms with Crippen LogP contribution in [0.5, 0.6) is 5.75 Å². The van der Waals surface area contributed by atoms with Gasteiger partial charge in [-0.25, -0.2) is 0 Å². The molecule has 1 aromatic rings. The molecule has 0 amide bonds. The fourth-order valence-electron chi connectivity index (χ4n) is 3.54. The standard InChI is InChI=1S/C22H39NO/c1-4-7-9-10-11-12-17-22(19(6-3)14-8-5-2)23-20-15-13-16-21(24)18-20/h13,15-16,18-19,22-24H,4-12,14,17H2,1-3H3. The Morgan fingerprint density at radius 3 is 2.25 bits per heavy atom. The molecule has 0 radical (unpaired) electrons. The molecule has 0 saturated carbocycles. The van der Waals surface area contributed by atoms with Gasteiger partial charge < -0.3 is 10.4 Å². The Hall–Kier alpha value is -1.18. The lowest BCUT2D eigenvalue weighted by molar-refractivity contribution is 0.364. The average Bonchev–Trinajstić information content (AvgIpc) is 2.58. The van der Waals surface area contributed by atoms with Gasteiger partial charge in [0.15, 0.2) is 0 Å². The van der Waals surface area contributed by atoms with Crippen molar-refractivity contribution in [1.82, 2.24) is 0 Å². The van der Waals surface area contributed by atoms with Gasteiger partial charge in [-0.05, 0) is 30.9 Å². The maximum absolute atomic E-state index is 9.72. The molecule has 0 bridgehead atoms. The lowest BCUT2D eigenvalue weighted by Crippen LogP contribution is -2.29. The molecule has 2 unspecified atom stereocenters. The Balaban J connectivity index is 2.57. The van der Waals surface area contributed by atoms with Crippen molar-refractivity contribution in [2.45, 2.75) is 97.4 Å². The maximum Gasteiger partial charge on any atom is 0.117 e. The monoisotopic (exact) mass is 333 g/mol. The van der Waals surface area contributed by atoms with Crippen LogP contribution in [0.2, 0.25) is 0 Å². The minimum absolute atomic E-state index is 0.347. The van der Waals surface area contributed by atoms with E-state index in [1.54, 1.807) is 6.07 Å². The molecule has 2 nitrogen and oxygen atoms in total. The highest BCUT2D eigenvalue weighted by atomic mass is 16.3. The molecule has 0 aliphatic rings. The van der Waals surface area contributed by atoms with Gasteiger partial charge in [0.25, 0.3) is 0 Å². The van der Waals surface area contributed by atoms with Crippen LogP contribution in [0.3, 0.4) is 0 Å². The minimum Gasteiger partial charge on any atom is -0.508 e. The molecule has 2 atom stereocenters. The normalized spacial score (nSPS) is 13.6. The average molecular weight is 334 g/mol. The van der Waals surface area contributed by atoms with Crippen molar-refractivity contribution in [3.63, 3.8) is 0 Å². The third-order valence-electron chi connectivity index (χ3n) is 5.09. The summed E-state index contributed by atoms with van der Waals surface area (Å²) in [6.07, 6.45) is 14.5. The van der Waals surface area contributed by atoms with Gasteiger partial charge in [-0.2, -0.15) is 0 Å². The van der Waals surface area contributed by atoms with E-state index in [9.17, 15) is 5.11 Å². The topological polar surface area (TPSA) is 32.3 Å². The zero-order valence-electron chi connectivity index (χ0n) is 16.2. The zero-order valence-corrected chi connectivity index (χ0v) is 16.2. The molecule has 0 spiro atoms. The lowest BCUT2D eigenvalue weighted by Gasteiger charge is -2.28. The second-order valence-corrected chi connectivity index (χ2v) is 7.17. The summed E-state index contributed by atoms with van der Waals surface area (Å²) in [5.74, 6) is 1.07. The van der Waals surface area contributed by atoms with Crippen LogP contribution < -0.4 is 5.32 Å². The van der Waals surface area contributed by atoms with Crippen molar-refractivity contribution in [3.8, 4) is 5.75 Å². The third kappa shape index (κ3) is 8.61. The molecule has 138 valence electrons. The molecule has 2 heteroatoms. The summed E-state index contributed by atoms with van der Waals surface area (Å²) in [7, 11) is 0. The highest BCUT2D eigenvalue weighted by Gasteiger charge is 2.19. The Morgan fingerprint density at radius 1 is 0.875 bits per heavy atom. The number of rotatable bonds is 14. The largest absolute Gasteiger partial charge is 0.508 e. The van der Waals surface area contributed by atoms with Gasteiger partial charge in [-0.3, -0.25) is 0 Å². The zero-order chi connectivity index (χ0) is 17.6. The van der Waals surface area contributed by atoms with Crippen molar-refractivity contribution in [3.05, 3.63) is 24.3 Å². The number of benzene rings is 1. The van der Waals surface area contributed by atoms with Crippen LogP contribution in [-0.2, 0) is 0 Å². The number of unbranched alkanes of at least 4 members (excludes halogenated alkanes) is 6. The summed E-state index contributed by atoms with van der Waals surface area (Å²) in [5.41, 5.74) is 1.06. The first kappa shape index (κ1) is 20.9. The number of hydrogen-bond donors (Lipinski definition) is 2. The fourth-order valence-corrected chi connectivity index (χ4v) is 3.54. The molecule has 1 rings (SSSR count). The van der Waals surface area contributed by atoms with Crippen molar-refractivity contribution in [2.24, 2.45) is 5.92 Å². The van der Waals surface area contributed by atoms with Crippen molar-refractivity contribution in [1.29, 1.82) is 0 Å². The molecule has 0 heterocycles. The molecule has 2 N–H and O–H groups in total. The van der Waals surface area contributed by atoms with Gasteiger partial charge in [0.05, 0.1) is 0 Å². The van der Waals surface area contributed by atoms with Crippen molar-refractivity contribution < 1.29 is 5.11 Å². The highest BCUT2D eigenvalue weighted by molar-refractivity contribution is 5.48. The number of hydrogen-bond acceptors (Lipinski definition) is 2. The van der Waals surface area contributed by atoms with Crippen LogP contribution in [-0.4, -0.2) is 11.1 Å². The maximum atomic E-state index is 9.72. The number of phenols is 1. The van der Waals surface area contributed by atoms with E-state index >= 15 is 0 Å². The first-order valence-electron chi connectivity index (χ1n) is 10.3. The number of nitrogens with one attached hydrogen (secondary N) is 1. The molecule has 24 heavy (non-hydrogen) atoms. The van der Waals surface area contributed by atoms with E-state index in [1.807, 2.05) is 12.1 Å². The molecule has 0 saturated heterocycles. The van der Waals surface area contributed by atoms with Gasteiger partial charge in [-0.15, -0.1) is 0 Å². The molecule has 0 fully saturated rings. The van der Waals surface area contributed by atoms with Gasteiger partial charge in [0, 0.05) is 17.8 Å². The van der Waals surface area contributed by atoms with Gasteiger partial charge in [0.2, 0.25) is 0 Å². The summed E-state index contributed by atoms with van der Waals surface area (Å²) < 4.78 is 0. The second-order valence-electron chi connectivity index (χ2n) is 7.17. The van der Waals surface area contributed by atoms with Crippen molar-refractivity contribution >= 4 is 5.69 Å². The van der Waals surface area contributed by atoms with Crippen LogP contribution in [0.1, 0.15) is 91.4 Å². The van der Waals surface area contributed by atoms with E-state index in [2.05, 4.69) is 32.2 Å². The Morgan fingerprint density at radius 2 is 1.58 bits per heavy atom. The first-order valence-corrected chi connectivity index (χ1v) is 10.3. The molecular formula is C22H39NO. The van der Waals surface area contributed by atoms with Crippen LogP contribution in [0, 0.1) is 5.92 Å². The summed E-state index contributed by atoms with van der Waals surface area (Å²) in [6, 6.07) is 8.10. The first-order chi connectivity index (χ1) is 11.7. The van der Waals surface area contributed by atoms with Crippen molar-refractivity contribution in [2.75, 3.05) is 5.32 Å². The SMILES string of the molecule is CCCCCCCCC(Nc1cccc(O)c1)C(CC)CCCC. The number of anilines is 1. The van der Waals surface area contributed by atoms with E-state index < -0.39 is 0 Å². The lowest BCUT2D eigenvalue weighted by atomic mass is 9.87. The summed E-state index contributed by atoms with van der Waals surface area (Å²) in [6.45, 7) is 6.87. The summed E-state index contributed by atoms with van der Waals surface area (Å²) >= 11 is 0. The second kappa shape index (κ2) is 13.1. The molecule has 0 aliphatic heterocycles. The van der Waals surface area contributed by atoms with Crippen LogP contribution in [0.4, 0.5) is 5.69 Å². The van der Waals surface area contributed by atoms with Gasteiger partial charge >= 0.3 is 0 Å². The summed E-state index contributed by atoms with van der Waals surface area (Å²) in [5, 5.41) is 13.4. The number of aromatic hydroxyl groups is 1. The summed E-state index contributed by atoms with van der Waals surface area (Å²) in [4.78, 5) is 0. The molecule has 0 aliphatic carbocycles. The number of phenolic OH excluding ortho intramolecular Hbond substituents is 1. The predicted octanol–water partition coefficient (Wildman–Crippen LogP) is 7.14. The van der Waals surface area contributed by atoms with E-state index in [0.29, 0.717) is 11.8 Å². The smallest absolute Gasteiger partial charge is 0.117 e. The molecule has 1 aromatic carbocycles. The van der Waals surface area contributed by atoms with Crippen LogP contribution >= 0.6 is 0 Å². The van der Waals surface area contributed by atoms with Crippen LogP contribution in [0.15, 0.2) is 24.3 Å². The van der Waals surface area contributed by atoms with Crippen LogP contribution in [0.25, 0.3) is 0 Å². The minimum atomic E-state index is 0.347. The van der Waals surface area contributed by atoms with E-state index in [-0.39, 0.29) is 0 Å². The Labute approximate surface area is 150 Å². The van der Waals surface area contributed by atoms with E-state index in [0.717, 1.165) is 11.6 Å². The van der Waals surface area contributed by atoms with E-state index in [1.165, 1.54) is 70.6 Å². The quantitative estimate of drug-likeness (QED) is 0.355. The Kier molecular flexibility index (Phi) is 11.4. The van der Waals surface area contributed by atoms with Gasteiger partial charge in [-0.1, -0.05) is 84.6 Å².